The van der Waals surface area contributed by atoms with Crippen molar-refractivity contribution in [3.05, 3.63) is 66.2 Å². The summed E-state index contributed by atoms with van der Waals surface area (Å²) in [5.41, 5.74) is 4.24. The van der Waals surface area contributed by atoms with E-state index in [1.807, 2.05) is 31.4 Å². The van der Waals surface area contributed by atoms with E-state index in [4.69, 9.17) is 9.78 Å². The van der Waals surface area contributed by atoms with Crippen molar-refractivity contribution in [1.29, 1.82) is 0 Å². The Labute approximate surface area is 160 Å². The Morgan fingerprint density at radius 2 is 2.15 bits per heavy atom. The minimum absolute atomic E-state index is 0.504. The van der Waals surface area contributed by atoms with Crippen molar-refractivity contribution in [3.8, 4) is 16.2 Å². The van der Waals surface area contributed by atoms with Gasteiger partial charge in [0.15, 0.2) is 5.75 Å². The van der Waals surface area contributed by atoms with Crippen LogP contribution in [-0.4, -0.2) is 22.0 Å². The number of nitrogens with zero attached hydrogens (tertiary/aromatic N) is 4. The number of benzene rings is 1. The average Bonchev–Trinajstić information content (AvgIpc) is 3.34. The van der Waals surface area contributed by atoms with E-state index in [0.29, 0.717) is 13.2 Å². The molecule has 1 aliphatic rings. The Hall–Kier alpha value is -3.03. The van der Waals surface area contributed by atoms with Gasteiger partial charge in [0, 0.05) is 42.0 Å². The van der Waals surface area contributed by atoms with Gasteiger partial charge in [-0.3, -0.25) is 4.98 Å². The van der Waals surface area contributed by atoms with Crippen molar-refractivity contribution in [2.24, 2.45) is 0 Å². The number of aromatic nitrogens is 3. The molecule has 0 saturated heterocycles. The van der Waals surface area contributed by atoms with Crippen LogP contribution in [0, 0.1) is 0 Å². The molecular weight excluding hydrogens is 360 g/mol. The predicted octanol–water partition coefficient (Wildman–Crippen LogP) is 4.21. The van der Waals surface area contributed by atoms with E-state index in [2.05, 4.69) is 38.1 Å². The SMILES string of the molecule is CN(Cc1ccc2c(c1)OOC2)c1ncnc2cc(-c3cccnc3)sc12. The number of hydrogen-bond acceptors (Lipinski definition) is 7. The van der Waals surface area contributed by atoms with Crippen LogP contribution in [0.3, 0.4) is 0 Å². The molecule has 6 nitrogen and oxygen atoms in total. The fourth-order valence-corrected chi connectivity index (χ4v) is 4.31. The molecule has 0 unspecified atom stereocenters. The summed E-state index contributed by atoms with van der Waals surface area (Å²) in [5.74, 6) is 1.71. The second-order valence-corrected chi connectivity index (χ2v) is 7.46. The van der Waals surface area contributed by atoms with E-state index in [1.54, 1.807) is 23.9 Å². The fourth-order valence-electron chi connectivity index (χ4n) is 3.16. The highest BCUT2D eigenvalue weighted by Crippen LogP contribution is 2.37. The average molecular weight is 376 g/mol. The summed E-state index contributed by atoms with van der Waals surface area (Å²) < 4.78 is 1.07. The number of rotatable bonds is 4. The molecule has 7 heteroatoms. The molecule has 3 aromatic heterocycles. The van der Waals surface area contributed by atoms with Gasteiger partial charge in [0.2, 0.25) is 0 Å². The molecule has 1 aromatic carbocycles. The highest BCUT2D eigenvalue weighted by atomic mass is 32.1. The first kappa shape index (κ1) is 16.2. The van der Waals surface area contributed by atoms with Gasteiger partial charge in [-0.05, 0) is 23.8 Å². The first-order valence-corrected chi connectivity index (χ1v) is 9.37. The molecule has 0 atom stereocenters. The summed E-state index contributed by atoms with van der Waals surface area (Å²) in [5, 5.41) is 0. The number of thiophene rings is 1. The Kier molecular flexibility index (Phi) is 3.95. The van der Waals surface area contributed by atoms with Gasteiger partial charge in [-0.15, -0.1) is 11.3 Å². The second-order valence-electron chi connectivity index (χ2n) is 6.41. The minimum atomic E-state index is 0.504. The minimum Gasteiger partial charge on any atom is -0.354 e. The summed E-state index contributed by atoms with van der Waals surface area (Å²) in [6.45, 7) is 1.22. The molecule has 27 heavy (non-hydrogen) atoms. The van der Waals surface area contributed by atoms with E-state index in [9.17, 15) is 0 Å². The molecule has 0 fully saturated rings. The van der Waals surface area contributed by atoms with Gasteiger partial charge >= 0.3 is 0 Å². The maximum atomic E-state index is 5.20. The van der Waals surface area contributed by atoms with Crippen LogP contribution in [0.25, 0.3) is 20.7 Å². The number of anilines is 1. The number of pyridine rings is 1. The van der Waals surface area contributed by atoms with Crippen LogP contribution in [-0.2, 0) is 18.0 Å². The summed E-state index contributed by atoms with van der Waals surface area (Å²) in [6.07, 6.45) is 5.27. The molecule has 1 aliphatic heterocycles. The van der Waals surface area contributed by atoms with E-state index in [0.717, 1.165) is 43.4 Å². The van der Waals surface area contributed by atoms with Crippen LogP contribution >= 0.6 is 11.3 Å². The fraction of sp³-hybridized carbons (Fsp3) is 0.150. The Balaban J connectivity index is 1.48. The lowest BCUT2D eigenvalue weighted by molar-refractivity contribution is -0.194. The smallest absolute Gasteiger partial charge is 0.171 e. The Bertz CT molecular complexity index is 1110. The Morgan fingerprint density at radius 3 is 3.04 bits per heavy atom. The van der Waals surface area contributed by atoms with Crippen LogP contribution in [0.1, 0.15) is 11.1 Å². The quantitative estimate of drug-likeness (QED) is 0.497. The van der Waals surface area contributed by atoms with E-state index in [-0.39, 0.29) is 0 Å². The third kappa shape index (κ3) is 3.01. The lowest BCUT2D eigenvalue weighted by Gasteiger charge is -2.18. The lowest BCUT2D eigenvalue weighted by atomic mass is 10.1. The van der Waals surface area contributed by atoms with Crippen molar-refractivity contribution in [2.75, 3.05) is 11.9 Å². The van der Waals surface area contributed by atoms with E-state index < -0.39 is 0 Å². The molecule has 4 aromatic rings. The summed E-state index contributed by atoms with van der Waals surface area (Å²) in [4.78, 5) is 26.7. The molecular formula is C20H16N4O2S. The third-order valence-electron chi connectivity index (χ3n) is 4.51. The van der Waals surface area contributed by atoms with Gasteiger partial charge in [-0.2, -0.15) is 4.89 Å². The molecule has 4 heterocycles. The molecule has 0 bridgehead atoms. The predicted molar refractivity (Wildman–Crippen MR) is 105 cm³/mol. The van der Waals surface area contributed by atoms with Crippen LogP contribution in [0.2, 0.25) is 0 Å². The summed E-state index contributed by atoms with van der Waals surface area (Å²) in [7, 11) is 2.04. The first-order valence-electron chi connectivity index (χ1n) is 8.55. The zero-order valence-electron chi connectivity index (χ0n) is 14.6. The van der Waals surface area contributed by atoms with Gasteiger partial charge in [0.1, 0.15) is 18.8 Å². The molecule has 0 amide bonds. The van der Waals surface area contributed by atoms with Crippen LogP contribution in [0.15, 0.2) is 55.1 Å². The van der Waals surface area contributed by atoms with Gasteiger partial charge in [0.25, 0.3) is 0 Å². The Morgan fingerprint density at radius 1 is 1.19 bits per heavy atom. The summed E-state index contributed by atoms with van der Waals surface area (Å²) >= 11 is 1.68. The van der Waals surface area contributed by atoms with E-state index >= 15 is 0 Å². The molecule has 134 valence electrons. The zero-order valence-corrected chi connectivity index (χ0v) is 15.4. The second kappa shape index (κ2) is 6.61. The summed E-state index contributed by atoms with van der Waals surface area (Å²) in [6, 6.07) is 12.3. The normalized spacial score (nSPS) is 12.8. The monoisotopic (exact) mass is 376 g/mol. The highest BCUT2D eigenvalue weighted by Gasteiger charge is 2.17. The highest BCUT2D eigenvalue weighted by molar-refractivity contribution is 7.22. The number of hydrogen-bond donors (Lipinski definition) is 0. The van der Waals surface area contributed by atoms with Crippen LogP contribution < -0.4 is 9.79 Å². The van der Waals surface area contributed by atoms with Crippen molar-refractivity contribution < 1.29 is 9.78 Å². The lowest BCUT2D eigenvalue weighted by Crippen LogP contribution is -2.17. The van der Waals surface area contributed by atoms with E-state index in [1.165, 1.54) is 0 Å². The molecule has 0 radical (unpaired) electrons. The zero-order chi connectivity index (χ0) is 18.2. The van der Waals surface area contributed by atoms with Crippen LogP contribution in [0.4, 0.5) is 5.82 Å². The topological polar surface area (TPSA) is 60.4 Å². The van der Waals surface area contributed by atoms with Gasteiger partial charge in [-0.1, -0.05) is 18.2 Å². The van der Waals surface area contributed by atoms with Crippen LogP contribution in [0.5, 0.6) is 5.75 Å². The molecule has 5 rings (SSSR count). The molecule has 0 spiro atoms. The molecule has 0 N–H and O–H groups in total. The van der Waals surface area contributed by atoms with Crippen molar-refractivity contribution >= 4 is 27.4 Å². The maximum absolute atomic E-state index is 5.20. The standard InChI is InChI=1S/C20H16N4O2S/c1-24(10-13-4-5-15-11-25-26-17(15)7-13)20-19-16(22-12-23-20)8-18(27-19)14-3-2-6-21-9-14/h2-9,12H,10-11H2,1H3. The van der Waals surface area contributed by atoms with Crippen molar-refractivity contribution in [1.82, 2.24) is 15.0 Å². The van der Waals surface area contributed by atoms with Crippen molar-refractivity contribution in [3.63, 3.8) is 0 Å². The maximum Gasteiger partial charge on any atom is 0.171 e. The third-order valence-corrected chi connectivity index (χ3v) is 5.68. The van der Waals surface area contributed by atoms with Gasteiger partial charge < -0.3 is 9.79 Å². The molecule has 0 aliphatic carbocycles. The first-order chi connectivity index (χ1) is 13.3. The largest absolute Gasteiger partial charge is 0.354 e. The van der Waals surface area contributed by atoms with Gasteiger partial charge in [-0.25, -0.2) is 9.97 Å². The number of fused-ring (bicyclic) bond motifs is 2. The molecule has 0 saturated carbocycles. The van der Waals surface area contributed by atoms with Gasteiger partial charge in [0.05, 0.1) is 10.2 Å². The van der Waals surface area contributed by atoms with Crippen molar-refractivity contribution in [2.45, 2.75) is 13.2 Å².